The summed E-state index contributed by atoms with van der Waals surface area (Å²) in [5.74, 6) is 1.43. The molecule has 4 rings (SSSR count). The fraction of sp³-hybridized carbons (Fsp3) is 0.167. The molecule has 0 aliphatic heterocycles. The number of pyridine rings is 1. The van der Waals surface area contributed by atoms with Crippen LogP contribution in [0.2, 0.25) is 0 Å². The van der Waals surface area contributed by atoms with E-state index in [9.17, 15) is 4.79 Å². The molecule has 1 amide bonds. The van der Waals surface area contributed by atoms with E-state index in [1.165, 1.54) is 0 Å². The van der Waals surface area contributed by atoms with Gasteiger partial charge in [-0.25, -0.2) is 5.43 Å². The highest BCUT2D eigenvalue weighted by atomic mass is 16.5. The second-order valence-electron chi connectivity index (χ2n) is 8.12. The number of carbonyl (C=O) groups is 1. The molecule has 0 spiro atoms. The number of ether oxygens (including phenoxy) is 3. The summed E-state index contributed by atoms with van der Waals surface area (Å²) in [6.45, 7) is 6.49. The lowest BCUT2D eigenvalue weighted by molar-refractivity contribution is -0.123. The van der Waals surface area contributed by atoms with E-state index in [0.717, 1.165) is 22.1 Å². The van der Waals surface area contributed by atoms with Gasteiger partial charge in [0.15, 0.2) is 18.1 Å². The van der Waals surface area contributed by atoms with Crippen molar-refractivity contribution in [2.75, 3.05) is 13.2 Å². The van der Waals surface area contributed by atoms with Gasteiger partial charge in [-0.05, 0) is 48.7 Å². The van der Waals surface area contributed by atoms with Crippen LogP contribution in [-0.2, 0) is 17.8 Å². The van der Waals surface area contributed by atoms with Crippen molar-refractivity contribution >= 4 is 23.0 Å². The molecular formula is C30H29N3O4. The van der Waals surface area contributed by atoms with Crippen LogP contribution in [0.15, 0.2) is 96.7 Å². The van der Waals surface area contributed by atoms with Gasteiger partial charge in [0.2, 0.25) is 0 Å². The highest BCUT2D eigenvalue weighted by molar-refractivity contribution is 5.86. The normalized spacial score (nSPS) is 10.8. The topological polar surface area (TPSA) is 82.0 Å². The predicted molar refractivity (Wildman–Crippen MR) is 145 cm³/mol. The number of para-hydroxylation sites is 1. The summed E-state index contributed by atoms with van der Waals surface area (Å²) in [5.41, 5.74) is 5.94. The number of carbonyl (C=O) groups excluding carboxylic acids is 1. The Morgan fingerprint density at radius 1 is 1.00 bits per heavy atom. The molecule has 1 heterocycles. The summed E-state index contributed by atoms with van der Waals surface area (Å²) in [6, 6.07) is 23.1. The molecule has 0 fully saturated rings. The molecular weight excluding hydrogens is 466 g/mol. The number of amides is 1. The van der Waals surface area contributed by atoms with E-state index in [2.05, 4.69) is 22.1 Å². The number of aromatic nitrogens is 1. The number of fused-ring (bicyclic) bond motifs is 1. The fourth-order valence-corrected chi connectivity index (χ4v) is 3.77. The molecule has 0 saturated heterocycles. The van der Waals surface area contributed by atoms with E-state index in [0.29, 0.717) is 42.4 Å². The van der Waals surface area contributed by atoms with Crippen molar-refractivity contribution in [1.82, 2.24) is 10.4 Å². The molecule has 1 aromatic heterocycles. The molecule has 0 saturated carbocycles. The predicted octanol–water partition coefficient (Wildman–Crippen LogP) is 5.47. The van der Waals surface area contributed by atoms with Crippen molar-refractivity contribution in [2.24, 2.45) is 5.10 Å². The second-order valence-corrected chi connectivity index (χ2v) is 8.12. The van der Waals surface area contributed by atoms with Gasteiger partial charge in [-0.15, -0.1) is 6.58 Å². The number of nitrogens with zero attached hydrogens (tertiary/aromatic N) is 2. The van der Waals surface area contributed by atoms with Gasteiger partial charge in [-0.2, -0.15) is 5.10 Å². The van der Waals surface area contributed by atoms with Crippen molar-refractivity contribution in [3.05, 3.63) is 108 Å². The van der Waals surface area contributed by atoms with Crippen molar-refractivity contribution in [2.45, 2.75) is 20.0 Å². The molecule has 0 atom stereocenters. The minimum absolute atomic E-state index is 0.189. The number of hydrogen-bond acceptors (Lipinski definition) is 6. The van der Waals surface area contributed by atoms with Crippen LogP contribution in [0.5, 0.6) is 17.2 Å². The average Bonchev–Trinajstić information content (AvgIpc) is 2.92. The number of hydrazone groups is 1. The number of rotatable bonds is 12. The summed E-state index contributed by atoms with van der Waals surface area (Å²) in [4.78, 5) is 16.7. The molecule has 0 unspecified atom stereocenters. The first-order valence-electron chi connectivity index (χ1n) is 12.0. The average molecular weight is 496 g/mol. The van der Waals surface area contributed by atoms with Crippen LogP contribution in [0, 0.1) is 0 Å². The molecule has 7 nitrogen and oxygen atoms in total. The third-order valence-corrected chi connectivity index (χ3v) is 5.40. The van der Waals surface area contributed by atoms with Crippen LogP contribution in [0.4, 0.5) is 0 Å². The van der Waals surface area contributed by atoms with E-state index >= 15 is 0 Å². The standard InChI is InChI=1S/C30H29N3O4/c1-3-10-25-17-23(18-27(35-4-2)30(25)37-20-22-11-6-5-7-12-22)19-32-33-28(34)21-36-26-15-8-13-24-14-9-16-31-29(24)26/h3,5-9,11-19H,1,4,10,20-21H2,2H3,(H,33,34)/b32-19+. The summed E-state index contributed by atoms with van der Waals surface area (Å²) < 4.78 is 17.7. The Morgan fingerprint density at radius 3 is 2.65 bits per heavy atom. The third-order valence-electron chi connectivity index (χ3n) is 5.40. The zero-order chi connectivity index (χ0) is 25.9. The summed E-state index contributed by atoms with van der Waals surface area (Å²) in [7, 11) is 0. The summed E-state index contributed by atoms with van der Waals surface area (Å²) in [6.07, 6.45) is 5.65. The first-order valence-corrected chi connectivity index (χ1v) is 12.0. The van der Waals surface area contributed by atoms with Crippen LogP contribution in [0.1, 0.15) is 23.6 Å². The van der Waals surface area contributed by atoms with Gasteiger partial charge in [0.25, 0.3) is 5.91 Å². The van der Waals surface area contributed by atoms with Crippen molar-refractivity contribution < 1.29 is 19.0 Å². The van der Waals surface area contributed by atoms with Crippen LogP contribution >= 0.6 is 0 Å². The Hall–Kier alpha value is -4.65. The van der Waals surface area contributed by atoms with Gasteiger partial charge in [-0.1, -0.05) is 54.6 Å². The molecule has 0 aliphatic carbocycles. The highest BCUT2D eigenvalue weighted by Crippen LogP contribution is 2.34. The van der Waals surface area contributed by atoms with Crippen molar-refractivity contribution in [3.8, 4) is 17.2 Å². The molecule has 37 heavy (non-hydrogen) atoms. The maximum absolute atomic E-state index is 12.3. The van der Waals surface area contributed by atoms with Crippen LogP contribution in [-0.4, -0.2) is 30.3 Å². The molecule has 7 heteroatoms. The first kappa shape index (κ1) is 25.4. The molecule has 0 aliphatic rings. The van der Waals surface area contributed by atoms with Gasteiger partial charge in [0.1, 0.15) is 17.9 Å². The summed E-state index contributed by atoms with van der Waals surface area (Å²) >= 11 is 0. The van der Waals surface area contributed by atoms with E-state index in [-0.39, 0.29) is 12.5 Å². The lowest BCUT2D eigenvalue weighted by atomic mass is 10.1. The Labute approximate surface area is 216 Å². The van der Waals surface area contributed by atoms with Gasteiger partial charge < -0.3 is 14.2 Å². The van der Waals surface area contributed by atoms with Gasteiger partial charge in [-0.3, -0.25) is 9.78 Å². The SMILES string of the molecule is C=CCc1cc(/C=N/NC(=O)COc2cccc3cccnc23)cc(OCC)c1OCc1ccccc1. The minimum atomic E-state index is -0.386. The van der Waals surface area contributed by atoms with Gasteiger partial charge >= 0.3 is 0 Å². The first-order chi connectivity index (χ1) is 18.2. The quantitative estimate of drug-likeness (QED) is 0.160. The molecule has 3 aromatic carbocycles. The Kier molecular flexibility index (Phi) is 8.86. The molecule has 4 aromatic rings. The highest BCUT2D eigenvalue weighted by Gasteiger charge is 2.13. The van der Waals surface area contributed by atoms with Crippen molar-refractivity contribution in [1.29, 1.82) is 0 Å². The smallest absolute Gasteiger partial charge is 0.277 e. The number of allylic oxidation sites excluding steroid dienone is 1. The van der Waals surface area contributed by atoms with E-state index in [1.807, 2.05) is 79.7 Å². The lowest BCUT2D eigenvalue weighted by Gasteiger charge is -2.16. The zero-order valence-electron chi connectivity index (χ0n) is 20.7. The Bertz CT molecular complexity index is 1380. The summed E-state index contributed by atoms with van der Waals surface area (Å²) in [5, 5.41) is 5.04. The maximum Gasteiger partial charge on any atom is 0.277 e. The van der Waals surface area contributed by atoms with Crippen LogP contribution in [0.25, 0.3) is 10.9 Å². The zero-order valence-corrected chi connectivity index (χ0v) is 20.7. The van der Waals surface area contributed by atoms with Gasteiger partial charge in [0.05, 0.1) is 12.8 Å². The van der Waals surface area contributed by atoms with Crippen LogP contribution < -0.4 is 19.6 Å². The number of hydrogen-bond donors (Lipinski definition) is 1. The van der Waals surface area contributed by atoms with E-state index in [4.69, 9.17) is 14.2 Å². The number of benzene rings is 3. The molecule has 1 N–H and O–H groups in total. The van der Waals surface area contributed by atoms with E-state index in [1.54, 1.807) is 18.5 Å². The fourth-order valence-electron chi connectivity index (χ4n) is 3.77. The third kappa shape index (κ3) is 6.95. The molecule has 0 bridgehead atoms. The minimum Gasteiger partial charge on any atom is -0.490 e. The Morgan fingerprint density at radius 2 is 1.84 bits per heavy atom. The largest absolute Gasteiger partial charge is 0.490 e. The van der Waals surface area contributed by atoms with E-state index < -0.39 is 0 Å². The van der Waals surface area contributed by atoms with Crippen molar-refractivity contribution in [3.63, 3.8) is 0 Å². The maximum atomic E-state index is 12.3. The van der Waals surface area contributed by atoms with Crippen LogP contribution in [0.3, 0.4) is 0 Å². The molecule has 0 radical (unpaired) electrons. The molecule has 188 valence electrons. The second kappa shape index (κ2) is 12.9. The van der Waals surface area contributed by atoms with Gasteiger partial charge in [0, 0.05) is 17.1 Å². The monoisotopic (exact) mass is 495 g/mol. The Balaban J connectivity index is 1.43. The lowest BCUT2D eigenvalue weighted by Crippen LogP contribution is -2.24. The number of nitrogens with one attached hydrogen (secondary N) is 1.